The van der Waals surface area contributed by atoms with Gasteiger partial charge in [-0.05, 0) is 54.2 Å². The minimum atomic E-state index is -0.349. The Morgan fingerprint density at radius 3 is 2.69 bits per heavy atom. The number of nitrogens with one attached hydrogen (secondary N) is 2. The van der Waals surface area contributed by atoms with Gasteiger partial charge in [-0.2, -0.15) is 0 Å². The molecule has 6 rings (SSSR count). The first-order valence-electron chi connectivity index (χ1n) is 12.2. The maximum absolute atomic E-state index is 14.5. The molecule has 1 aliphatic rings. The molecular weight excluding hydrogens is 437 g/mol. The second kappa shape index (κ2) is 9.16. The van der Waals surface area contributed by atoms with Gasteiger partial charge < -0.3 is 15.0 Å². The monoisotopic (exact) mass is 465 g/mol. The Bertz CT molecular complexity index is 1510. The number of hydrogen-bond acceptors (Lipinski definition) is 3. The third-order valence-corrected chi connectivity index (χ3v) is 7.09. The third kappa shape index (κ3) is 4.06. The number of halogens is 1. The van der Waals surface area contributed by atoms with Crippen molar-refractivity contribution < 1.29 is 9.13 Å². The number of hydrogen-bond donors (Lipinski definition) is 2. The van der Waals surface area contributed by atoms with Gasteiger partial charge in [-0.25, -0.2) is 4.39 Å². The highest BCUT2D eigenvalue weighted by Gasteiger charge is 2.27. The fraction of sp³-hybridized carbons (Fsp3) is 0.233. The Balaban J connectivity index is 1.46. The van der Waals surface area contributed by atoms with Gasteiger partial charge in [0.25, 0.3) is 0 Å². The summed E-state index contributed by atoms with van der Waals surface area (Å²) in [7, 11) is 1.49. The van der Waals surface area contributed by atoms with Crippen molar-refractivity contribution in [3.63, 3.8) is 0 Å². The fourth-order valence-electron chi connectivity index (χ4n) is 5.41. The Labute approximate surface area is 204 Å². The molecule has 5 heteroatoms. The number of ether oxygens (including phenoxy) is 1. The number of aromatic nitrogens is 2. The van der Waals surface area contributed by atoms with Crippen LogP contribution in [0, 0.1) is 5.82 Å². The number of pyridine rings is 1. The fourth-order valence-corrected chi connectivity index (χ4v) is 5.41. The molecule has 176 valence electrons. The molecule has 3 aromatic carbocycles. The largest absolute Gasteiger partial charge is 0.494 e. The van der Waals surface area contributed by atoms with Crippen molar-refractivity contribution in [2.45, 2.75) is 38.3 Å². The predicted octanol–water partition coefficient (Wildman–Crippen LogP) is 6.62. The number of aryl methyl sites for hydroxylation is 1. The van der Waals surface area contributed by atoms with Crippen LogP contribution in [0.4, 0.5) is 4.39 Å². The van der Waals surface area contributed by atoms with Gasteiger partial charge in [0.05, 0.1) is 30.1 Å². The molecule has 0 amide bonds. The molecule has 0 radical (unpaired) electrons. The van der Waals surface area contributed by atoms with Crippen LogP contribution < -0.4 is 10.1 Å². The van der Waals surface area contributed by atoms with E-state index in [0.717, 1.165) is 53.8 Å². The molecule has 1 unspecified atom stereocenters. The molecule has 2 aromatic heterocycles. The maximum atomic E-state index is 14.5. The molecule has 1 aliphatic carbocycles. The summed E-state index contributed by atoms with van der Waals surface area (Å²) in [5, 5.41) is 6.26. The van der Waals surface area contributed by atoms with Crippen LogP contribution in [0.25, 0.3) is 21.8 Å². The van der Waals surface area contributed by atoms with E-state index < -0.39 is 0 Å². The van der Waals surface area contributed by atoms with E-state index in [4.69, 9.17) is 9.72 Å². The lowest BCUT2D eigenvalue weighted by molar-refractivity contribution is 0.386. The van der Waals surface area contributed by atoms with E-state index in [1.165, 1.54) is 29.0 Å². The first kappa shape index (κ1) is 21.8. The predicted molar refractivity (Wildman–Crippen MR) is 138 cm³/mol. The Kier molecular flexibility index (Phi) is 5.71. The van der Waals surface area contributed by atoms with Gasteiger partial charge in [0.1, 0.15) is 0 Å². The van der Waals surface area contributed by atoms with Crippen molar-refractivity contribution >= 4 is 21.8 Å². The number of nitrogens with zero attached hydrogens (tertiary/aromatic N) is 1. The molecule has 0 spiro atoms. The highest BCUT2D eigenvalue weighted by atomic mass is 19.1. The van der Waals surface area contributed by atoms with E-state index in [2.05, 4.69) is 58.8 Å². The quantitative estimate of drug-likeness (QED) is 0.296. The number of methoxy groups -OCH3 is 1. The normalized spacial score (nSPS) is 15.4. The average Bonchev–Trinajstić information content (AvgIpc) is 3.29. The number of benzene rings is 3. The second-order valence-corrected chi connectivity index (χ2v) is 9.30. The first-order chi connectivity index (χ1) is 17.2. The minimum Gasteiger partial charge on any atom is -0.494 e. The minimum absolute atomic E-state index is 0.184. The molecule has 35 heavy (non-hydrogen) atoms. The highest BCUT2D eigenvalue weighted by molar-refractivity contribution is 6.10. The van der Waals surface area contributed by atoms with Crippen LogP contribution in [0.1, 0.15) is 47.0 Å². The van der Waals surface area contributed by atoms with Crippen LogP contribution in [0.2, 0.25) is 0 Å². The van der Waals surface area contributed by atoms with Gasteiger partial charge in [-0.15, -0.1) is 0 Å². The van der Waals surface area contributed by atoms with E-state index in [1.807, 2.05) is 12.1 Å². The molecule has 2 N–H and O–H groups in total. The van der Waals surface area contributed by atoms with Crippen molar-refractivity contribution in [1.29, 1.82) is 0 Å². The van der Waals surface area contributed by atoms with Crippen LogP contribution in [-0.2, 0) is 19.4 Å². The van der Waals surface area contributed by atoms with Crippen LogP contribution in [0.15, 0.2) is 72.8 Å². The van der Waals surface area contributed by atoms with Gasteiger partial charge in [-0.1, -0.05) is 54.6 Å². The lowest BCUT2D eigenvalue weighted by Gasteiger charge is -2.27. The molecule has 4 nitrogen and oxygen atoms in total. The number of fused-ring (bicyclic) bond motifs is 5. The van der Waals surface area contributed by atoms with Crippen LogP contribution >= 0.6 is 0 Å². The van der Waals surface area contributed by atoms with Crippen molar-refractivity contribution in [1.82, 2.24) is 15.3 Å². The zero-order valence-corrected chi connectivity index (χ0v) is 19.8. The zero-order chi connectivity index (χ0) is 23.8. The molecule has 0 fully saturated rings. The number of aromatic amines is 1. The molecular formula is C30H28FN3O. The Morgan fingerprint density at radius 2 is 1.86 bits per heavy atom. The van der Waals surface area contributed by atoms with Gasteiger partial charge >= 0.3 is 0 Å². The topological polar surface area (TPSA) is 49.9 Å². The molecule has 2 heterocycles. The molecule has 5 aromatic rings. The number of H-pyrrole nitrogens is 1. The van der Waals surface area contributed by atoms with Crippen molar-refractivity contribution in [3.05, 3.63) is 107 Å². The number of rotatable bonds is 6. The van der Waals surface area contributed by atoms with Crippen LogP contribution in [-0.4, -0.2) is 17.1 Å². The van der Waals surface area contributed by atoms with Gasteiger partial charge in [0, 0.05) is 29.3 Å². The molecule has 0 aliphatic heterocycles. The van der Waals surface area contributed by atoms with E-state index in [1.54, 1.807) is 12.1 Å². The summed E-state index contributed by atoms with van der Waals surface area (Å²) in [4.78, 5) is 8.88. The van der Waals surface area contributed by atoms with Gasteiger partial charge in [-0.3, -0.25) is 4.98 Å². The molecule has 0 saturated heterocycles. The Hall–Kier alpha value is -3.70. The summed E-state index contributed by atoms with van der Waals surface area (Å²) in [6.45, 7) is 0.803. The summed E-state index contributed by atoms with van der Waals surface area (Å²) >= 11 is 0. The van der Waals surface area contributed by atoms with Crippen molar-refractivity contribution in [3.8, 4) is 5.75 Å². The third-order valence-electron chi connectivity index (χ3n) is 7.09. The SMILES string of the molecule is COc1ccc(Cc2nc3c(c4c2[nH]c2ccccc24)CCCC3NCc2ccccc2)cc1F. The average molecular weight is 466 g/mol. The number of para-hydroxylation sites is 1. The summed E-state index contributed by atoms with van der Waals surface area (Å²) in [5.41, 5.74) is 7.73. The lowest BCUT2D eigenvalue weighted by atomic mass is 9.87. The smallest absolute Gasteiger partial charge is 0.165 e. The molecule has 0 bridgehead atoms. The van der Waals surface area contributed by atoms with E-state index in [0.29, 0.717) is 6.42 Å². The first-order valence-corrected chi connectivity index (χ1v) is 12.2. The summed E-state index contributed by atoms with van der Waals surface area (Å²) in [6, 6.07) is 24.3. The zero-order valence-electron chi connectivity index (χ0n) is 19.8. The van der Waals surface area contributed by atoms with Gasteiger partial charge in [0.2, 0.25) is 0 Å². The Morgan fingerprint density at radius 1 is 1.03 bits per heavy atom. The summed E-state index contributed by atoms with van der Waals surface area (Å²) in [6.07, 6.45) is 3.74. The molecule has 1 atom stereocenters. The van der Waals surface area contributed by atoms with E-state index >= 15 is 0 Å². The molecule has 0 saturated carbocycles. The standard InChI is InChI=1S/C30H28FN3O/c1-35-27-15-14-20(16-23(27)31)17-26-30-28(21-10-5-6-12-24(21)33-30)22-11-7-13-25(29(22)34-26)32-18-19-8-3-2-4-9-19/h2-6,8-10,12,14-16,25,32-33H,7,11,13,17-18H2,1H3. The van der Waals surface area contributed by atoms with Crippen LogP contribution in [0.3, 0.4) is 0 Å². The second-order valence-electron chi connectivity index (χ2n) is 9.30. The van der Waals surface area contributed by atoms with Gasteiger partial charge in [0.15, 0.2) is 11.6 Å². The lowest BCUT2D eigenvalue weighted by Crippen LogP contribution is -2.26. The van der Waals surface area contributed by atoms with Crippen molar-refractivity contribution in [2.24, 2.45) is 0 Å². The maximum Gasteiger partial charge on any atom is 0.165 e. The summed E-state index contributed by atoms with van der Waals surface area (Å²) in [5.74, 6) is -0.0914. The van der Waals surface area contributed by atoms with Crippen LogP contribution in [0.5, 0.6) is 5.75 Å². The highest BCUT2D eigenvalue weighted by Crippen LogP contribution is 2.39. The summed E-state index contributed by atoms with van der Waals surface area (Å²) < 4.78 is 19.6. The van der Waals surface area contributed by atoms with E-state index in [-0.39, 0.29) is 17.6 Å². The van der Waals surface area contributed by atoms with E-state index in [9.17, 15) is 4.39 Å². The van der Waals surface area contributed by atoms with Crippen molar-refractivity contribution in [2.75, 3.05) is 7.11 Å².